The number of rotatable bonds is 10. The Kier molecular flexibility index (Phi) is 10.1. The first-order valence-corrected chi connectivity index (χ1v) is 13.1. The maximum atomic E-state index is 13.5. The van der Waals surface area contributed by atoms with Crippen molar-refractivity contribution in [2.24, 2.45) is 10.7 Å². The minimum atomic E-state index is -0.278. The smallest absolute Gasteiger partial charge is 0.252 e. The van der Waals surface area contributed by atoms with Crippen molar-refractivity contribution < 1.29 is 14.3 Å². The molecule has 2 aromatic rings. The Bertz CT molecular complexity index is 1140. The van der Waals surface area contributed by atoms with Gasteiger partial charge in [-0.15, -0.1) is 0 Å². The van der Waals surface area contributed by atoms with E-state index in [1.54, 1.807) is 27.5 Å². The Labute approximate surface area is 221 Å². The van der Waals surface area contributed by atoms with E-state index in [1.807, 2.05) is 26.0 Å². The van der Waals surface area contributed by atoms with Crippen molar-refractivity contribution in [3.05, 3.63) is 64.3 Å². The number of allylic oxidation sites excluding steroid dienone is 1. The highest BCUT2D eigenvalue weighted by Gasteiger charge is 2.24. The number of benzene rings is 2. The summed E-state index contributed by atoms with van der Waals surface area (Å²) < 4.78 is 11.2. The van der Waals surface area contributed by atoms with Gasteiger partial charge in [-0.25, -0.2) is 0 Å². The molecule has 0 aromatic heterocycles. The number of nitrogens with one attached hydrogen (secondary N) is 2. The van der Waals surface area contributed by atoms with Crippen molar-refractivity contribution >= 4 is 17.7 Å². The maximum Gasteiger partial charge on any atom is 0.252 e. The van der Waals surface area contributed by atoms with Crippen LogP contribution in [-0.2, 0) is 0 Å². The average molecular weight is 507 g/mol. The van der Waals surface area contributed by atoms with Crippen LogP contribution in [0.25, 0.3) is 5.57 Å². The minimum absolute atomic E-state index is 0.0908. The van der Waals surface area contributed by atoms with Crippen molar-refractivity contribution in [2.45, 2.75) is 64.5 Å². The molecule has 3 atom stereocenters. The first kappa shape index (κ1) is 28.3. The van der Waals surface area contributed by atoms with E-state index < -0.39 is 0 Å². The molecule has 0 bridgehead atoms. The van der Waals surface area contributed by atoms with Gasteiger partial charge in [0.1, 0.15) is 0 Å². The molecule has 2 aromatic carbocycles. The molecule has 0 heterocycles. The van der Waals surface area contributed by atoms with E-state index in [-0.39, 0.29) is 11.9 Å². The number of hydrogen-bond donors (Lipinski definition) is 3. The third-order valence-electron chi connectivity index (χ3n) is 7.25. The van der Waals surface area contributed by atoms with Crippen LogP contribution < -0.4 is 25.8 Å². The second kappa shape index (κ2) is 13.3. The molecule has 1 aliphatic rings. The van der Waals surface area contributed by atoms with E-state index >= 15 is 0 Å². The standard InChI is InChI=1S/C30H42N4O3/c1-7-33-25-10-8-9-21(13-25)22-12-11-19(2)26(14-22)30(35)34-20(3)23-15-27(24(17-31)18-32-4)29(37-6)28(16-23)36-5/h11-12,14-18,20-21,25,33H,7-10,13,31H2,1-6H3,(H,34,35)/b24-17+,32-18?/t20-,21?,25?/m1/s1. The molecule has 1 amide bonds. The van der Waals surface area contributed by atoms with Crippen molar-refractivity contribution in [2.75, 3.05) is 27.8 Å². The lowest BCUT2D eigenvalue weighted by molar-refractivity contribution is 0.0939. The summed E-state index contributed by atoms with van der Waals surface area (Å²) in [5, 5.41) is 6.79. The second-order valence-corrected chi connectivity index (χ2v) is 9.70. The first-order chi connectivity index (χ1) is 17.9. The monoisotopic (exact) mass is 506 g/mol. The number of nitrogens with zero attached hydrogens (tertiary/aromatic N) is 1. The molecule has 1 aliphatic carbocycles. The van der Waals surface area contributed by atoms with Gasteiger partial charge in [0.25, 0.3) is 5.91 Å². The molecular formula is C30H42N4O3. The molecule has 0 spiro atoms. The van der Waals surface area contributed by atoms with Gasteiger partial charge >= 0.3 is 0 Å². The first-order valence-electron chi connectivity index (χ1n) is 13.1. The number of carbonyl (C=O) groups is 1. The highest BCUT2D eigenvalue weighted by atomic mass is 16.5. The number of amides is 1. The molecule has 7 heteroatoms. The van der Waals surface area contributed by atoms with Gasteiger partial charge in [0.2, 0.25) is 0 Å². The largest absolute Gasteiger partial charge is 0.493 e. The van der Waals surface area contributed by atoms with E-state index in [0.29, 0.717) is 29.0 Å². The zero-order valence-electron chi connectivity index (χ0n) is 23.1. The Morgan fingerprint density at radius 1 is 1.19 bits per heavy atom. The molecule has 0 radical (unpaired) electrons. The quantitative estimate of drug-likeness (QED) is 0.388. The summed E-state index contributed by atoms with van der Waals surface area (Å²) >= 11 is 0. The Balaban J connectivity index is 1.87. The van der Waals surface area contributed by atoms with Crippen molar-refractivity contribution in [3.8, 4) is 11.5 Å². The van der Waals surface area contributed by atoms with Gasteiger partial charge in [-0.05, 0) is 80.5 Å². The normalized spacial score (nSPS) is 19.0. The minimum Gasteiger partial charge on any atom is -0.493 e. The van der Waals surface area contributed by atoms with Crippen LogP contribution in [0, 0.1) is 6.92 Å². The maximum absolute atomic E-state index is 13.5. The van der Waals surface area contributed by atoms with E-state index in [2.05, 4.69) is 40.7 Å². The summed E-state index contributed by atoms with van der Waals surface area (Å²) in [6, 6.07) is 10.5. The molecule has 1 saturated carbocycles. The summed E-state index contributed by atoms with van der Waals surface area (Å²) in [7, 11) is 4.87. The lowest BCUT2D eigenvalue weighted by Gasteiger charge is -2.30. The van der Waals surface area contributed by atoms with E-state index in [4.69, 9.17) is 15.2 Å². The summed E-state index contributed by atoms with van der Waals surface area (Å²) in [6.45, 7) is 7.10. The van der Waals surface area contributed by atoms with Crippen LogP contribution in [0.2, 0.25) is 0 Å². The van der Waals surface area contributed by atoms with Crippen LogP contribution in [0.3, 0.4) is 0 Å². The number of aliphatic imine (C=N–C) groups is 1. The molecule has 4 N–H and O–H groups in total. The molecular weight excluding hydrogens is 464 g/mol. The molecule has 0 aliphatic heterocycles. The number of hydrogen-bond acceptors (Lipinski definition) is 6. The second-order valence-electron chi connectivity index (χ2n) is 9.70. The van der Waals surface area contributed by atoms with Gasteiger partial charge in [0, 0.05) is 42.2 Å². The molecule has 7 nitrogen and oxygen atoms in total. The fraction of sp³-hybridized carbons (Fsp3) is 0.467. The molecule has 200 valence electrons. The number of carbonyl (C=O) groups excluding carboxylic acids is 1. The van der Waals surface area contributed by atoms with Crippen LogP contribution in [0.15, 0.2) is 41.5 Å². The summed E-state index contributed by atoms with van der Waals surface area (Å²) in [5.41, 5.74) is 11.1. The van der Waals surface area contributed by atoms with Gasteiger partial charge in [-0.1, -0.05) is 25.5 Å². The topological polar surface area (TPSA) is 98.0 Å². The van der Waals surface area contributed by atoms with Gasteiger partial charge in [-0.2, -0.15) is 0 Å². The lowest BCUT2D eigenvalue weighted by Crippen LogP contribution is -2.33. The SMILES string of the molecule is CCNC1CCCC(c2ccc(C)c(C(=O)N[C@H](C)c3cc(OC)c(OC)c(/C(C=NC)=C/N)c3)c2)C1. The number of methoxy groups -OCH3 is 2. The molecule has 37 heavy (non-hydrogen) atoms. The van der Waals surface area contributed by atoms with Crippen molar-refractivity contribution in [3.63, 3.8) is 0 Å². The highest BCUT2D eigenvalue weighted by Crippen LogP contribution is 2.38. The zero-order valence-corrected chi connectivity index (χ0v) is 23.1. The fourth-order valence-electron chi connectivity index (χ4n) is 5.25. The zero-order chi connectivity index (χ0) is 26.9. The van der Waals surface area contributed by atoms with Gasteiger partial charge in [0.05, 0.1) is 20.3 Å². The van der Waals surface area contributed by atoms with E-state index in [0.717, 1.165) is 41.6 Å². The Morgan fingerprint density at radius 2 is 1.97 bits per heavy atom. The number of ether oxygens (including phenoxy) is 2. The summed E-state index contributed by atoms with van der Waals surface area (Å²) in [6.07, 6.45) is 7.86. The molecule has 3 rings (SSSR count). The highest BCUT2D eigenvalue weighted by molar-refractivity contribution is 6.11. The third-order valence-corrected chi connectivity index (χ3v) is 7.25. The van der Waals surface area contributed by atoms with Gasteiger partial charge in [-0.3, -0.25) is 9.79 Å². The Hall–Kier alpha value is -3.32. The van der Waals surface area contributed by atoms with Crippen LogP contribution >= 0.6 is 0 Å². The van der Waals surface area contributed by atoms with E-state index in [9.17, 15) is 4.79 Å². The molecule has 2 unspecified atom stereocenters. The number of nitrogens with two attached hydrogens (primary N) is 1. The van der Waals surface area contributed by atoms with Crippen LogP contribution in [0.5, 0.6) is 11.5 Å². The van der Waals surface area contributed by atoms with Gasteiger partial charge in [0.15, 0.2) is 11.5 Å². The molecule has 1 fully saturated rings. The van der Waals surface area contributed by atoms with Crippen LogP contribution in [0.1, 0.15) is 84.1 Å². The number of aryl methyl sites for hydroxylation is 1. The lowest BCUT2D eigenvalue weighted by atomic mass is 9.80. The fourth-order valence-corrected chi connectivity index (χ4v) is 5.25. The summed E-state index contributed by atoms with van der Waals surface area (Å²) in [5.74, 6) is 1.50. The average Bonchev–Trinajstić information content (AvgIpc) is 2.91. The van der Waals surface area contributed by atoms with Crippen LogP contribution in [0.4, 0.5) is 0 Å². The van der Waals surface area contributed by atoms with E-state index in [1.165, 1.54) is 24.6 Å². The van der Waals surface area contributed by atoms with Crippen molar-refractivity contribution in [1.29, 1.82) is 0 Å². The van der Waals surface area contributed by atoms with Gasteiger partial charge < -0.3 is 25.8 Å². The van der Waals surface area contributed by atoms with Crippen LogP contribution in [-0.4, -0.2) is 46.0 Å². The van der Waals surface area contributed by atoms with Crippen molar-refractivity contribution in [1.82, 2.24) is 10.6 Å². The molecule has 0 saturated heterocycles. The summed E-state index contributed by atoms with van der Waals surface area (Å²) in [4.78, 5) is 17.6. The predicted octanol–water partition coefficient (Wildman–Crippen LogP) is 5.14. The predicted molar refractivity (Wildman–Crippen MR) is 152 cm³/mol. The third kappa shape index (κ3) is 6.72. The Morgan fingerprint density at radius 3 is 2.62 bits per heavy atom.